The van der Waals surface area contributed by atoms with Crippen molar-refractivity contribution in [3.05, 3.63) is 78.5 Å². The van der Waals surface area contributed by atoms with Crippen LogP contribution in [0.3, 0.4) is 0 Å². The lowest BCUT2D eigenvalue weighted by molar-refractivity contribution is -0.111. The van der Waals surface area contributed by atoms with E-state index in [0.717, 1.165) is 33.3 Å². The van der Waals surface area contributed by atoms with E-state index in [1.807, 2.05) is 49.4 Å². The number of fused-ring (bicyclic) bond motifs is 1. The van der Waals surface area contributed by atoms with Crippen molar-refractivity contribution in [2.24, 2.45) is 5.73 Å². The summed E-state index contributed by atoms with van der Waals surface area (Å²) < 4.78 is 5.40. The summed E-state index contributed by atoms with van der Waals surface area (Å²) in [6, 6.07) is 14.9. The molecule has 7 heteroatoms. The van der Waals surface area contributed by atoms with Gasteiger partial charge in [-0.3, -0.25) is 9.59 Å². The Bertz CT molecular complexity index is 1370. The summed E-state index contributed by atoms with van der Waals surface area (Å²) in [4.78, 5) is 31.5. The third-order valence-electron chi connectivity index (χ3n) is 5.38. The number of methoxy groups -OCH3 is 1. The van der Waals surface area contributed by atoms with Crippen LogP contribution in [0.15, 0.2) is 67.4 Å². The van der Waals surface area contributed by atoms with Gasteiger partial charge >= 0.3 is 0 Å². The van der Waals surface area contributed by atoms with E-state index in [9.17, 15) is 9.59 Å². The van der Waals surface area contributed by atoms with Crippen LogP contribution in [0.1, 0.15) is 15.9 Å². The van der Waals surface area contributed by atoms with Gasteiger partial charge in [-0.25, -0.2) is 4.98 Å². The Balaban J connectivity index is 1.96. The highest BCUT2D eigenvalue weighted by Crippen LogP contribution is 2.38. The maximum Gasteiger partial charge on any atom is 0.250 e. The van der Waals surface area contributed by atoms with E-state index in [1.165, 1.54) is 6.08 Å². The molecule has 0 aliphatic carbocycles. The van der Waals surface area contributed by atoms with Gasteiger partial charge in [-0.1, -0.05) is 24.8 Å². The first kappa shape index (κ1) is 20.9. The van der Waals surface area contributed by atoms with Gasteiger partial charge in [0, 0.05) is 17.3 Å². The summed E-state index contributed by atoms with van der Waals surface area (Å²) in [5.41, 5.74) is 11.5. The summed E-state index contributed by atoms with van der Waals surface area (Å²) in [6.07, 6.45) is 2.88. The number of carbonyl (C=O) groups is 2. The van der Waals surface area contributed by atoms with Crippen LogP contribution < -0.4 is 15.8 Å². The lowest BCUT2D eigenvalue weighted by atomic mass is 9.94. The molecule has 2 aromatic carbocycles. The van der Waals surface area contributed by atoms with Crippen LogP contribution in [0.5, 0.6) is 5.88 Å². The molecule has 32 heavy (non-hydrogen) atoms. The zero-order valence-electron chi connectivity index (χ0n) is 17.7. The second kappa shape index (κ2) is 8.39. The number of nitrogens with two attached hydrogens (primary N) is 1. The summed E-state index contributed by atoms with van der Waals surface area (Å²) in [5.74, 6) is -0.351. The Morgan fingerprint density at radius 3 is 2.62 bits per heavy atom. The predicted molar refractivity (Wildman–Crippen MR) is 126 cm³/mol. The Morgan fingerprint density at radius 2 is 1.91 bits per heavy atom. The van der Waals surface area contributed by atoms with Crippen LogP contribution in [0.25, 0.3) is 33.3 Å². The highest BCUT2D eigenvalue weighted by Gasteiger charge is 2.18. The summed E-state index contributed by atoms with van der Waals surface area (Å²) in [6.45, 7) is 5.43. The maximum atomic E-state index is 12.1. The largest absolute Gasteiger partial charge is 0.481 e. The van der Waals surface area contributed by atoms with E-state index in [1.54, 1.807) is 19.4 Å². The number of amides is 2. The second-order valence-electron chi connectivity index (χ2n) is 7.23. The molecule has 0 radical (unpaired) electrons. The van der Waals surface area contributed by atoms with Gasteiger partial charge in [0.1, 0.15) is 0 Å². The number of benzene rings is 2. The third kappa shape index (κ3) is 3.60. The molecule has 0 bridgehead atoms. The zero-order valence-corrected chi connectivity index (χ0v) is 17.7. The lowest BCUT2D eigenvalue weighted by Gasteiger charge is -2.13. The van der Waals surface area contributed by atoms with Gasteiger partial charge in [0.05, 0.1) is 29.4 Å². The van der Waals surface area contributed by atoms with Gasteiger partial charge < -0.3 is 20.8 Å². The van der Waals surface area contributed by atoms with Crippen molar-refractivity contribution in [2.75, 3.05) is 12.4 Å². The minimum absolute atomic E-state index is 0.285. The molecule has 0 spiro atoms. The van der Waals surface area contributed by atoms with E-state index < -0.39 is 5.91 Å². The molecule has 0 saturated heterocycles. The predicted octanol–water partition coefficient (Wildman–Crippen LogP) is 4.44. The van der Waals surface area contributed by atoms with Crippen molar-refractivity contribution < 1.29 is 14.3 Å². The number of ether oxygens (including phenoxy) is 1. The first-order valence-electron chi connectivity index (χ1n) is 9.93. The fourth-order valence-corrected chi connectivity index (χ4v) is 3.81. The number of anilines is 1. The third-order valence-corrected chi connectivity index (χ3v) is 5.38. The Kier molecular flexibility index (Phi) is 5.47. The number of hydrogen-bond acceptors (Lipinski definition) is 4. The Hall–Kier alpha value is -4.39. The van der Waals surface area contributed by atoms with E-state index in [4.69, 9.17) is 10.5 Å². The molecule has 4 aromatic rings. The van der Waals surface area contributed by atoms with Crippen LogP contribution in [-0.4, -0.2) is 28.9 Å². The number of aromatic amines is 1. The van der Waals surface area contributed by atoms with Gasteiger partial charge in [-0.05, 0) is 60.0 Å². The summed E-state index contributed by atoms with van der Waals surface area (Å²) in [5, 5.41) is 3.65. The molecule has 7 nitrogen and oxygen atoms in total. The molecule has 2 heterocycles. The number of H-pyrrole nitrogens is 1. The molecule has 0 fully saturated rings. The number of hydrogen-bond donors (Lipinski definition) is 3. The fraction of sp³-hybridized carbons (Fsp3) is 0.0800. The van der Waals surface area contributed by atoms with Gasteiger partial charge in [0.25, 0.3) is 5.91 Å². The van der Waals surface area contributed by atoms with Crippen LogP contribution >= 0.6 is 0 Å². The van der Waals surface area contributed by atoms with Crippen molar-refractivity contribution in [3.63, 3.8) is 0 Å². The molecule has 0 aliphatic heterocycles. The van der Waals surface area contributed by atoms with E-state index >= 15 is 0 Å². The van der Waals surface area contributed by atoms with Crippen LogP contribution in [0.2, 0.25) is 0 Å². The second-order valence-corrected chi connectivity index (χ2v) is 7.23. The molecular weight excluding hydrogens is 404 g/mol. The molecule has 0 saturated carbocycles. The highest BCUT2D eigenvalue weighted by atomic mass is 16.5. The molecule has 0 unspecified atom stereocenters. The lowest BCUT2D eigenvalue weighted by Crippen LogP contribution is -2.11. The Labute approximate surface area is 184 Å². The van der Waals surface area contributed by atoms with E-state index in [-0.39, 0.29) is 5.91 Å². The quantitative estimate of drug-likeness (QED) is 0.396. The standard InChI is InChI=1S/C25H22N4O3/c1-4-22(30)28-20-9-5-7-15(14(20)2)16-10-11-18(24(26)31)23-19(16)13-21(29-23)17-8-6-12-27-25(17)32-3/h4-13,29H,1H2,2-3H3,(H2,26,31)(H,28,30). The summed E-state index contributed by atoms with van der Waals surface area (Å²) >= 11 is 0. The minimum atomic E-state index is -0.531. The molecule has 160 valence electrons. The molecule has 2 aromatic heterocycles. The average molecular weight is 426 g/mol. The van der Waals surface area contributed by atoms with Crippen molar-refractivity contribution in [1.29, 1.82) is 0 Å². The number of nitrogens with one attached hydrogen (secondary N) is 2. The highest BCUT2D eigenvalue weighted by molar-refractivity contribution is 6.11. The van der Waals surface area contributed by atoms with Crippen molar-refractivity contribution in [1.82, 2.24) is 9.97 Å². The number of rotatable bonds is 6. The first-order valence-corrected chi connectivity index (χ1v) is 9.93. The molecule has 4 N–H and O–H groups in total. The van der Waals surface area contributed by atoms with Crippen molar-refractivity contribution in [2.45, 2.75) is 6.92 Å². The molecule has 0 aliphatic rings. The SMILES string of the molecule is C=CC(=O)Nc1cccc(-c2ccc(C(N)=O)c3[nH]c(-c4cccnc4OC)cc23)c1C. The number of primary amides is 1. The molecule has 0 atom stereocenters. The van der Waals surface area contributed by atoms with Crippen molar-refractivity contribution in [3.8, 4) is 28.3 Å². The number of aromatic nitrogens is 2. The number of carbonyl (C=O) groups excluding carboxylic acids is 2. The molecular formula is C25H22N4O3. The Morgan fingerprint density at radius 1 is 1.12 bits per heavy atom. The first-order chi connectivity index (χ1) is 15.4. The van der Waals surface area contributed by atoms with Gasteiger partial charge in [-0.2, -0.15) is 0 Å². The monoisotopic (exact) mass is 426 g/mol. The van der Waals surface area contributed by atoms with Crippen LogP contribution in [0, 0.1) is 6.92 Å². The molecule has 2 amide bonds. The van der Waals surface area contributed by atoms with Crippen LogP contribution in [-0.2, 0) is 4.79 Å². The summed E-state index contributed by atoms with van der Waals surface area (Å²) in [7, 11) is 1.56. The maximum absolute atomic E-state index is 12.1. The molecule has 4 rings (SSSR count). The van der Waals surface area contributed by atoms with Crippen LogP contribution in [0.4, 0.5) is 5.69 Å². The average Bonchev–Trinajstić information content (AvgIpc) is 3.25. The van der Waals surface area contributed by atoms with Gasteiger partial charge in [0.15, 0.2) is 0 Å². The van der Waals surface area contributed by atoms with Gasteiger partial charge in [0.2, 0.25) is 11.8 Å². The number of nitrogens with zero attached hydrogens (tertiary/aromatic N) is 1. The topological polar surface area (TPSA) is 110 Å². The van der Waals surface area contributed by atoms with Crippen molar-refractivity contribution >= 4 is 28.4 Å². The normalized spacial score (nSPS) is 10.7. The zero-order chi connectivity index (χ0) is 22.8. The fourth-order valence-electron chi connectivity index (χ4n) is 3.81. The minimum Gasteiger partial charge on any atom is -0.481 e. The van der Waals surface area contributed by atoms with E-state index in [2.05, 4.69) is 21.9 Å². The van der Waals surface area contributed by atoms with E-state index in [0.29, 0.717) is 22.6 Å². The number of pyridine rings is 1. The smallest absolute Gasteiger partial charge is 0.250 e. The van der Waals surface area contributed by atoms with Gasteiger partial charge in [-0.15, -0.1) is 0 Å².